The molecule has 0 saturated heterocycles. The molecule has 1 atom stereocenters. The molecule has 22 heavy (non-hydrogen) atoms. The van der Waals surface area contributed by atoms with Gasteiger partial charge in [-0.2, -0.15) is 5.10 Å². The summed E-state index contributed by atoms with van der Waals surface area (Å²) in [4.78, 5) is 13.7. The van der Waals surface area contributed by atoms with Gasteiger partial charge in [0.2, 0.25) is 0 Å². The number of aromatic nitrogens is 2. The molecule has 0 fully saturated rings. The van der Waals surface area contributed by atoms with Crippen molar-refractivity contribution in [2.75, 3.05) is 13.7 Å². The Hall–Kier alpha value is -1.85. The fourth-order valence-electron chi connectivity index (χ4n) is 2.47. The van der Waals surface area contributed by atoms with Gasteiger partial charge in [-0.15, -0.1) is 11.8 Å². The van der Waals surface area contributed by atoms with Crippen LogP contribution in [0.5, 0.6) is 0 Å². The first-order chi connectivity index (χ1) is 10.7. The smallest absolute Gasteiger partial charge is 0.191 e. The quantitative estimate of drug-likeness (QED) is 0.812. The second-order valence-corrected chi connectivity index (χ2v) is 6.60. The maximum absolute atomic E-state index is 12.7. The number of fused-ring (bicyclic) bond motifs is 1. The Labute approximate surface area is 134 Å². The molecule has 0 spiro atoms. The van der Waals surface area contributed by atoms with Gasteiger partial charge in [0, 0.05) is 40.2 Å². The molecule has 0 aliphatic carbocycles. The van der Waals surface area contributed by atoms with Crippen molar-refractivity contribution in [2.45, 2.75) is 23.6 Å². The van der Waals surface area contributed by atoms with Crippen molar-refractivity contribution in [1.82, 2.24) is 9.78 Å². The number of ether oxygens (including phenoxy) is 1. The van der Waals surface area contributed by atoms with E-state index in [0.29, 0.717) is 13.2 Å². The van der Waals surface area contributed by atoms with Gasteiger partial charge in [0.25, 0.3) is 0 Å². The second-order valence-electron chi connectivity index (χ2n) is 5.21. The van der Waals surface area contributed by atoms with E-state index >= 15 is 0 Å². The van der Waals surface area contributed by atoms with E-state index in [9.17, 15) is 4.79 Å². The lowest BCUT2D eigenvalue weighted by Crippen LogP contribution is -2.18. The highest BCUT2D eigenvalue weighted by Crippen LogP contribution is 2.38. The fourth-order valence-corrected chi connectivity index (χ4v) is 3.60. The maximum atomic E-state index is 12.7. The van der Waals surface area contributed by atoms with Crippen molar-refractivity contribution in [3.05, 3.63) is 53.4 Å². The third-order valence-electron chi connectivity index (χ3n) is 3.64. The van der Waals surface area contributed by atoms with Crippen molar-refractivity contribution in [1.29, 1.82) is 0 Å². The van der Waals surface area contributed by atoms with E-state index in [1.165, 1.54) is 0 Å². The number of Topliss-reactive ketones (excluding diaryl/α,β-unsaturated/α-hetero) is 1. The molecule has 1 aromatic heterocycles. The van der Waals surface area contributed by atoms with E-state index in [1.54, 1.807) is 25.1 Å². The summed E-state index contributed by atoms with van der Waals surface area (Å²) in [6, 6.07) is 7.79. The minimum absolute atomic E-state index is 0.117. The molecule has 1 unspecified atom stereocenters. The van der Waals surface area contributed by atoms with Gasteiger partial charge in [0.15, 0.2) is 5.78 Å². The van der Waals surface area contributed by atoms with Crippen LogP contribution in [0.2, 0.25) is 0 Å². The summed E-state index contributed by atoms with van der Waals surface area (Å²) in [6.45, 7) is 3.40. The molecule has 1 aromatic carbocycles. The average Bonchev–Trinajstić information content (AvgIpc) is 2.97. The van der Waals surface area contributed by atoms with Gasteiger partial charge < -0.3 is 4.74 Å². The molecule has 0 bridgehead atoms. The summed E-state index contributed by atoms with van der Waals surface area (Å²) >= 11 is 1.73. The van der Waals surface area contributed by atoms with Crippen LogP contribution in [-0.2, 0) is 11.3 Å². The van der Waals surface area contributed by atoms with Gasteiger partial charge in [0.1, 0.15) is 0 Å². The molecule has 2 heterocycles. The summed E-state index contributed by atoms with van der Waals surface area (Å²) in [5.74, 6) is 0.117. The second kappa shape index (κ2) is 6.50. The molecule has 1 aliphatic rings. The van der Waals surface area contributed by atoms with E-state index in [-0.39, 0.29) is 11.0 Å². The first kappa shape index (κ1) is 15.1. The maximum Gasteiger partial charge on any atom is 0.191 e. The van der Waals surface area contributed by atoms with E-state index in [2.05, 4.69) is 12.0 Å². The first-order valence-electron chi connectivity index (χ1n) is 7.22. The molecular formula is C17H18N2O2S. The van der Waals surface area contributed by atoms with Crippen LogP contribution in [0.15, 0.2) is 47.1 Å². The Morgan fingerprint density at radius 3 is 3.05 bits per heavy atom. The van der Waals surface area contributed by atoms with Gasteiger partial charge in [-0.1, -0.05) is 12.1 Å². The largest absolute Gasteiger partial charge is 0.383 e. The van der Waals surface area contributed by atoms with Gasteiger partial charge in [-0.05, 0) is 25.1 Å². The Bertz CT molecular complexity index is 721. The van der Waals surface area contributed by atoms with Crippen molar-refractivity contribution in [3.8, 4) is 0 Å². The topological polar surface area (TPSA) is 44.1 Å². The van der Waals surface area contributed by atoms with Crippen LogP contribution >= 0.6 is 11.8 Å². The van der Waals surface area contributed by atoms with Crippen LogP contribution in [0.3, 0.4) is 0 Å². The van der Waals surface area contributed by atoms with Crippen LogP contribution < -0.4 is 0 Å². The average molecular weight is 314 g/mol. The molecule has 0 saturated carbocycles. The van der Waals surface area contributed by atoms with Crippen LogP contribution in [0, 0.1) is 0 Å². The third kappa shape index (κ3) is 3.00. The molecule has 5 heteroatoms. The molecule has 0 radical (unpaired) electrons. The lowest BCUT2D eigenvalue weighted by atomic mass is 9.99. The Morgan fingerprint density at radius 1 is 1.41 bits per heavy atom. The predicted octanol–water partition coefficient (Wildman–Crippen LogP) is 3.29. The summed E-state index contributed by atoms with van der Waals surface area (Å²) in [5.41, 5.74) is 2.57. The van der Waals surface area contributed by atoms with Crippen molar-refractivity contribution in [3.63, 3.8) is 0 Å². The molecule has 4 nitrogen and oxygen atoms in total. The number of carbonyl (C=O) groups is 1. The normalized spacial score (nSPS) is 19.5. The molecule has 2 aromatic rings. The number of hydrogen-bond acceptors (Lipinski definition) is 4. The standard InChI is InChI=1S/C17H18N2O2S/c1-12-15(9-13-10-18-19(11-13)7-8-21-2)17(20)14-5-3-4-6-16(14)22-12/h3-6,9-12H,7-8H2,1-2H3/b15-9-. The zero-order valence-electron chi connectivity index (χ0n) is 12.7. The number of carbonyl (C=O) groups excluding carboxylic acids is 1. The van der Waals surface area contributed by atoms with Gasteiger partial charge in [-0.3, -0.25) is 9.48 Å². The third-order valence-corrected chi connectivity index (χ3v) is 4.85. The minimum Gasteiger partial charge on any atom is -0.383 e. The summed E-state index contributed by atoms with van der Waals surface area (Å²) in [6.07, 6.45) is 5.68. The van der Waals surface area contributed by atoms with Gasteiger partial charge >= 0.3 is 0 Å². The lowest BCUT2D eigenvalue weighted by molar-refractivity contribution is 0.102. The minimum atomic E-state index is 0.117. The summed E-state index contributed by atoms with van der Waals surface area (Å²) in [5, 5.41) is 4.43. The monoisotopic (exact) mass is 314 g/mol. The van der Waals surface area contributed by atoms with Crippen molar-refractivity contribution in [2.24, 2.45) is 0 Å². The van der Waals surface area contributed by atoms with Crippen LogP contribution in [0.4, 0.5) is 0 Å². The molecular weight excluding hydrogens is 296 g/mol. The highest BCUT2D eigenvalue weighted by Gasteiger charge is 2.27. The zero-order valence-corrected chi connectivity index (χ0v) is 13.5. The number of ketones is 1. The zero-order chi connectivity index (χ0) is 15.5. The van der Waals surface area contributed by atoms with Crippen LogP contribution in [0.25, 0.3) is 6.08 Å². The fraction of sp³-hybridized carbons (Fsp3) is 0.294. The summed E-state index contributed by atoms with van der Waals surface area (Å²) < 4.78 is 6.87. The van der Waals surface area contributed by atoms with Crippen molar-refractivity contribution >= 4 is 23.6 Å². The van der Waals surface area contributed by atoms with E-state index in [4.69, 9.17) is 4.74 Å². The number of nitrogens with zero attached hydrogens (tertiary/aromatic N) is 2. The van der Waals surface area contributed by atoms with Gasteiger partial charge in [-0.25, -0.2) is 0 Å². The number of methoxy groups -OCH3 is 1. The molecule has 3 rings (SSSR count). The SMILES string of the molecule is COCCn1cc(/C=C2\C(=O)c3ccccc3SC2C)cn1. The number of rotatable bonds is 4. The number of benzene rings is 1. The molecule has 0 N–H and O–H groups in total. The Kier molecular flexibility index (Phi) is 4.45. The Morgan fingerprint density at radius 2 is 2.23 bits per heavy atom. The predicted molar refractivity (Wildman–Crippen MR) is 88.2 cm³/mol. The Balaban J connectivity index is 1.88. The lowest BCUT2D eigenvalue weighted by Gasteiger charge is -2.22. The number of hydrogen-bond donors (Lipinski definition) is 0. The van der Waals surface area contributed by atoms with Crippen LogP contribution in [0.1, 0.15) is 22.8 Å². The van der Waals surface area contributed by atoms with Crippen molar-refractivity contribution < 1.29 is 9.53 Å². The summed E-state index contributed by atoms with van der Waals surface area (Å²) in [7, 11) is 1.67. The van der Waals surface area contributed by atoms with Crippen LogP contribution in [-0.4, -0.2) is 34.5 Å². The first-order valence-corrected chi connectivity index (χ1v) is 8.10. The highest BCUT2D eigenvalue weighted by atomic mass is 32.2. The number of thioether (sulfide) groups is 1. The van der Waals surface area contributed by atoms with E-state index in [0.717, 1.165) is 21.6 Å². The van der Waals surface area contributed by atoms with E-state index in [1.807, 2.05) is 41.2 Å². The van der Waals surface area contributed by atoms with E-state index < -0.39 is 0 Å². The molecule has 114 valence electrons. The molecule has 1 aliphatic heterocycles. The molecule has 0 amide bonds. The van der Waals surface area contributed by atoms with Gasteiger partial charge in [0.05, 0.1) is 19.3 Å². The highest BCUT2D eigenvalue weighted by molar-refractivity contribution is 8.00.